The van der Waals surface area contributed by atoms with E-state index in [0.29, 0.717) is 25.0 Å². The Morgan fingerprint density at radius 1 is 1.07 bits per heavy atom. The second kappa shape index (κ2) is 10.6. The van der Waals surface area contributed by atoms with Crippen LogP contribution in [0.1, 0.15) is 18.4 Å². The van der Waals surface area contributed by atoms with E-state index in [1.807, 2.05) is 30.3 Å². The minimum Gasteiger partial charge on any atom is -0.484 e. The number of nitrogens with one attached hydrogen (secondary N) is 1. The van der Waals surface area contributed by atoms with Gasteiger partial charge in [0.1, 0.15) is 5.75 Å². The molecule has 2 amide bonds. The SMILES string of the molecule is NC(=O)COc1ccc(S(=O)(=O)CC(CCCc2ccccc2)C(=O)NO)cc1. The Bertz CT molecular complexity index is 914. The van der Waals surface area contributed by atoms with Crippen LogP contribution in [0.5, 0.6) is 5.75 Å². The molecular formula is C20H24N2O6S. The lowest BCUT2D eigenvalue weighted by Crippen LogP contribution is -2.33. The first-order valence-corrected chi connectivity index (χ1v) is 10.7. The number of primary amides is 1. The van der Waals surface area contributed by atoms with E-state index < -0.39 is 33.3 Å². The van der Waals surface area contributed by atoms with Crippen LogP contribution < -0.4 is 16.0 Å². The average Bonchev–Trinajstić information content (AvgIpc) is 2.72. The summed E-state index contributed by atoms with van der Waals surface area (Å²) in [6.45, 7) is -0.313. The van der Waals surface area contributed by atoms with Gasteiger partial charge in [-0.25, -0.2) is 13.9 Å². The van der Waals surface area contributed by atoms with Crippen LogP contribution in [0.2, 0.25) is 0 Å². The first kappa shape index (κ1) is 22.4. The van der Waals surface area contributed by atoms with Crippen LogP contribution in [0.3, 0.4) is 0 Å². The number of rotatable bonds is 11. The van der Waals surface area contributed by atoms with Gasteiger partial charge in [-0.15, -0.1) is 0 Å². The molecule has 8 nitrogen and oxygen atoms in total. The van der Waals surface area contributed by atoms with Crippen LogP contribution in [-0.2, 0) is 25.8 Å². The van der Waals surface area contributed by atoms with Gasteiger partial charge in [-0.2, -0.15) is 0 Å². The normalized spacial score (nSPS) is 12.2. The Morgan fingerprint density at radius 2 is 1.72 bits per heavy atom. The molecular weight excluding hydrogens is 396 g/mol. The number of hydrogen-bond donors (Lipinski definition) is 3. The molecule has 0 aliphatic heterocycles. The lowest BCUT2D eigenvalue weighted by Gasteiger charge is -2.15. The van der Waals surface area contributed by atoms with E-state index in [4.69, 9.17) is 15.7 Å². The molecule has 2 aromatic rings. The molecule has 4 N–H and O–H groups in total. The third kappa shape index (κ3) is 7.20. The molecule has 0 saturated carbocycles. The van der Waals surface area contributed by atoms with E-state index in [-0.39, 0.29) is 11.5 Å². The highest BCUT2D eigenvalue weighted by Crippen LogP contribution is 2.21. The number of hydrogen-bond acceptors (Lipinski definition) is 6. The smallest absolute Gasteiger partial charge is 0.255 e. The molecule has 0 bridgehead atoms. The van der Waals surface area contributed by atoms with Gasteiger partial charge in [-0.3, -0.25) is 14.8 Å². The van der Waals surface area contributed by atoms with Crippen LogP contribution in [0.15, 0.2) is 59.5 Å². The number of hydroxylamine groups is 1. The maximum atomic E-state index is 12.7. The van der Waals surface area contributed by atoms with E-state index in [0.717, 1.165) is 5.56 Å². The Labute approximate surface area is 169 Å². The van der Waals surface area contributed by atoms with Gasteiger partial charge in [-0.05, 0) is 49.1 Å². The molecule has 2 aromatic carbocycles. The molecule has 29 heavy (non-hydrogen) atoms. The first-order chi connectivity index (χ1) is 13.8. The van der Waals surface area contributed by atoms with Crippen molar-refractivity contribution in [1.29, 1.82) is 0 Å². The van der Waals surface area contributed by atoms with Crippen molar-refractivity contribution in [3.63, 3.8) is 0 Å². The lowest BCUT2D eigenvalue weighted by molar-refractivity contribution is -0.133. The molecule has 2 rings (SSSR count). The van der Waals surface area contributed by atoms with Crippen molar-refractivity contribution < 1.29 is 28.0 Å². The number of aryl methyl sites for hydroxylation is 1. The highest BCUT2D eigenvalue weighted by Gasteiger charge is 2.26. The number of benzene rings is 2. The van der Waals surface area contributed by atoms with Gasteiger partial charge in [0.25, 0.3) is 5.91 Å². The number of amides is 2. The molecule has 1 unspecified atom stereocenters. The summed E-state index contributed by atoms with van der Waals surface area (Å²) in [4.78, 5) is 22.7. The first-order valence-electron chi connectivity index (χ1n) is 9.03. The summed E-state index contributed by atoms with van der Waals surface area (Å²) < 4.78 is 30.5. The van der Waals surface area contributed by atoms with Crippen molar-refractivity contribution in [2.24, 2.45) is 11.7 Å². The highest BCUT2D eigenvalue weighted by atomic mass is 32.2. The monoisotopic (exact) mass is 420 g/mol. The molecule has 156 valence electrons. The zero-order chi connectivity index (χ0) is 21.3. The Morgan fingerprint density at radius 3 is 2.31 bits per heavy atom. The van der Waals surface area contributed by atoms with E-state index in [1.54, 1.807) is 5.48 Å². The summed E-state index contributed by atoms with van der Waals surface area (Å²) in [5, 5.41) is 8.98. The molecule has 1 atom stereocenters. The van der Waals surface area contributed by atoms with Gasteiger partial charge in [0.2, 0.25) is 5.91 Å². The summed E-state index contributed by atoms with van der Waals surface area (Å²) in [5.74, 6) is -2.40. The van der Waals surface area contributed by atoms with Gasteiger partial charge in [0, 0.05) is 0 Å². The van der Waals surface area contributed by atoms with Gasteiger partial charge in [0.15, 0.2) is 16.4 Å². The van der Waals surface area contributed by atoms with Crippen LogP contribution in [0.4, 0.5) is 0 Å². The van der Waals surface area contributed by atoms with Crippen molar-refractivity contribution in [3.05, 3.63) is 60.2 Å². The summed E-state index contributed by atoms with van der Waals surface area (Å²) in [7, 11) is -3.78. The van der Waals surface area contributed by atoms with Crippen molar-refractivity contribution in [2.45, 2.75) is 24.2 Å². The molecule has 0 aromatic heterocycles. The van der Waals surface area contributed by atoms with Crippen LogP contribution >= 0.6 is 0 Å². The Kier molecular flexibility index (Phi) is 8.17. The third-order valence-corrected chi connectivity index (χ3v) is 6.16. The molecule has 0 aliphatic carbocycles. The van der Waals surface area contributed by atoms with E-state index in [9.17, 15) is 18.0 Å². The minimum atomic E-state index is -3.78. The molecule has 0 spiro atoms. The third-order valence-electron chi connectivity index (χ3n) is 4.33. The maximum Gasteiger partial charge on any atom is 0.255 e. The van der Waals surface area contributed by atoms with Gasteiger partial charge < -0.3 is 10.5 Å². The van der Waals surface area contributed by atoms with Crippen molar-refractivity contribution in [3.8, 4) is 5.75 Å². The number of sulfone groups is 1. The minimum absolute atomic E-state index is 0.0164. The van der Waals surface area contributed by atoms with Crippen LogP contribution in [0.25, 0.3) is 0 Å². The molecule has 0 fully saturated rings. The number of carbonyl (C=O) groups is 2. The van der Waals surface area contributed by atoms with Crippen molar-refractivity contribution in [2.75, 3.05) is 12.4 Å². The summed E-state index contributed by atoms with van der Waals surface area (Å²) in [5.41, 5.74) is 7.64. The Hall–Kier alpha value is -2.91. The maximum absolute atomic E-state index is 12.7. The second-order valence-electron chi connectivity index (χ2n) is 6.56. The largest absolute Gasteiger partial charge is 0.484 e. The van der Waals surface area contributed by atoms with E-state index in [1.165, 1.54) is 24.3 Å². The average molecular weight is 420 g/mol. The predicted molar refractivity (Wildman–Crippen MR) is 106 cm³/mol. The molecule has 0 saturated heterocycles. The molecule has 0 radical (unpaired) electrons. The second-order valence-corrected chi connectivity index (χ2v) is 8.59. The molecule has 0 heterocycles. The number of carbonyl (C=O) groups excluding carboxylic acids is 2. The van der Waals surface area contributed by atoms with Crippen molar-refractivity contribution >= 4 is 21.7 Å². The highest BCUT2D eigenvalue weighted by molar-refractivity contribution is 7.91. The standard InChI is InChI=1S/C20H24N2O6S/c21-19(23)13-28-17-9-11-18(12-10-17)29(26,27)14-16(20(24)22-25)8-4-7-15-5-2-1-3-6-15/h1-3,5-6,9-12,16,25H,4,7-8,13-14H2,(H2,21,23)(H,22,24). The van der Waals surface area contributed by atoms with E-state index >= 15 is 0 Å². The number of ether oxygens (including phenoxy) is 1. The van der Waals surface area contributed by atoms with Gasteiger partial charge in [0.05, 0.1) is 16.6 Å². The summed E-state index contributed by atoms with van der Waals surface area (Å²) >= 11 is 0. The Balaban J connectivity index is 2.02. The molecule has 9 heteroatoms. The fraction of sp³-hybridized carbons (Fsp3) is 0.300. The fourth-order valence-corrected chi connectivity index (χ4v) is 4.43. The predicted octanol–water partition coefficient (Wildman–Crippen LogP) is 1.47. The zero-order valence-electron chi connectivity index (χ0n) is 15.8. The van der Waals surface area contributed by atoms with E-state index in [2.05, 4.69) is 0 Å². The topological polar surface area (TPSA) is 136 Å². The molecule has 0 aliphatic rings. The quantitative estimate of drug-likeness (QED) is 0.372. The van der Waals surface area contributed by atoms with Crippen LogP contribution in [0, 0.1) is 5.92 Å². The fourth-order valence-electron chi connectivity index (χ4n) is 2.84. The van der Waals surface area contributed by atoms with Gasteiger partial charge in [-0.1, -0.05) is 30.3 Å². The lowest BCUT2D eigenvalue weighted by atomic mass is 10.0. The number of nitrogens with two attached hydrogens (primary N) is 1. The summed E-state index contributed by atoms with van der Waals surface area (Å²) in [6.07, 6.45) is 1.60. The summed E-state index contributed by atoms with van der Waals surface area (Å²) in [6, 6.07) is 15.1. The zero-order valence-corrected chi connectivity index (χ0v) is 16.6. The van der Waals surface area contributed by atoms with Crippen LogP contribution in [-0.4, -0.2) is 37.8 Å². The van der Waals surface area contributed by atoms with Gasteiger partial charge >= 0.3 is 0 Å². The van der Waals surface area contributed by atoms with Crippen molar-refractivity contribution in [1.82, 2.24) is 5.48 Å².